The van der Waals surface area contributed by atoms with E-state index in [9.17, 15) is 20.0 Å². The molecule has 0 aliphatic heterocycles. The third kappa shape index (κ3) is 3.30. The topological polar surface area (TPSA) is 108 Å². The molecule has 128 valence electrons. The Balaban J connectivity index is 1.81. The molecule has 0 aliphatic carbocycles. The molecule has 0 atom stereocenters. The molecule has 25 heavy (non-hydrogen) atoms. The third-order valence-electron chi connectivity index (χ3n) is 4.13. The maximum atomic E-state index is 11.4. The molecule has 2 aromatic carbocycles. The maximum absolute atomic E-state index is 11.4. The van der Waals surface area contributed by atoms with Crippen LogP contribution in [0, 0.1) is 17.0 Å². The number of aromatic nitrogens is 1. The number of hydrogen-bond donors (Lipinski definition) is 3. The molecular formula is C18H17N3O4. The first kappa shape index (κ1) is 16.5. The summed E-state index contributed by atoms with van der Waals surface area (Å²) in [6.07, 6.45) is 2.63. The number of aryl methyl sites for hydroxylation is 1. The summed E-state index contributed by atoms with van der Waals surface area (Å²) < 4.78 is 0. The van der Waals surface area contributed by atoms with E-state index in [4.69, 9.17) is 0 Å². The molecule has 0 fully saturated rings. The van der Waals surface area contributed by atoms with Gasteiger partial charge in [0.15, 0.2) is 0 Å². The monoisotopic (exact) mass is 339 g/mol. The number of aromatic carboxylic acids is 1. The predicted molar refractivity (Wildman–Crippen MR) is 95.3 cm³/mol. The van der Waals surface area contributed by atoms with Crippen LogP contribution in [0.25, 0.3) is 10.9 Å². The number of hydrogen-bond acceptors (Lipinski definition) is 4. The minimum atomic E-state index is -1.19. The molecular weight excluding hydrogens is 322 g/mol. The summed E-state index contributed by atoms with van der Waals surface area (Å²) in [5.41, 5.74) is 2.81. The van der Waals surface area contributed by atoms with Crippen LogP contribution in [0.1, 0.15) is 21.5 Å². The van der Waals surface area contributed by atoms with Gasteiger partial charge in [0, 0.05) is 35.8 Å². The van der Waals surface area contributed by atoms with Crippen LogP contribution in [0.5, 0.6) is 0 Å². The normalized spacial score (nSPS) is 10.8. The third-order valence-corrected chi connectivity index (χ3v) is 4.13. The van der Waals surface area contributed by atoms with Crippen molar-refractivity contribution in [3.63, 3.8) is 0 Å². The summed E-state index contributed by atoms with van der Waals surface area (Å²) in [4.78, 5) is 25.0. The predicted octanol–water partition coefficient (Wildman–Crippen LogP) is 3.74. The number of carboxylic acids is 1. The summed E-state index contributed by atoms with van der Waals surface area (Å²) in [5.74, 6) is -1.19. The van der Waals surface area contributed by atoms with E-state index in [-0.39, 0.29) is 11.3 Å². The molecule has 0 spiro atoms. The number of carboxylic acid groups (broad SMARTS) is 1. The summed E-state index contributed by atoms with van der Waals surface area (Å²) >= 11 is 0. The van der Waals surface area contributed by atoms with Crippen LogP contribution in [0.4, 0.5) is 11.4 Å². The number of nitrogens with one attached hydrogen (secondary N) is 2. The van der Waals surface area contributed by atoms with Crippen LogP contribution in [0.3, 0.4) is 0 Å². The first-order valence-corrected chi connectivity index (χ1v) is 7.78. The lowest BCUT2D eigenvalue weighted by atomic mass is 10.1. The number of para-hydroxylation sites is 1. The Labute approximate surface area is 143 Å². The minimum absolute atomic E-state index is 0.0920. The zero-order valence-electron chi connectivity index (χ0n) is 13.6. The Morgan fingerprint density at radius 1 is 1.32 bits per heavy atom. The molecule has 3 aromatic rings. The quantitative estimate of drug-likeness (QED) is 0.468. The average Bonchev–Trinajstić information content (AvgIpc) is 2.99. The highest BCUT2D eigenvalue weighted by Crippen LogP contribution is 2.27. The number of fused-ring (bicyclic) bond motifs is 1. The van der Waals surface area contributed by atoms with Crippen molar-refractivity contribution < 1.29 is 14.8 Å². The van der Waals surface area contributed by atoms with E-state index in [1.54, 1.807) is 6.92 Å². The van der Waals surface area contributed by atoms with Crippen molar-refractivity contribution in [2.24, 2.45) is 0 Å². The Morgan fingerprint density at radius 3 is 2.80 bits per heavy atom. The number of rotatable bonds is 6. The van der Waals surface area contributed by atoms with E-state index in [1.165, 1.54) is 6.07 Å². The number of non-ortho nitro benzene ring substituents is 1. The van der Waals surface area contributed by atoms with Crippen molar-refractivity contribution in [3.8, 4) is 0 Å². The van der Waals surface area contributed by atoms with Gasteiger partial charge in [-0.15, -0.1) is 0 Å². The van der Waals surface area contributed by atoms with Gasteiger partial charge in [0.05, 0.1) is 16.2 Å². The van der Waals surface area contributed by atoms with Crippen LogP contribution < -0.4 is 5.32 Å². The molecule has 7 heteroatoms. The zero-order valence-corrected chi connectivity index (χ0v) is 13.6. The lowest BCUT2D eigenvalue weighted by Crippen LogP contribution is -2.11. The van der Waals surface area contributed by atoms with Crippen LogP contribution in [0.15, 0.2) is 42.6 Å². The van der Waals surface area contributed by atoms with E-state index >= 15 is 0 Å². The number of carbonyl (C=O) groups is 1. The van der Waals surface area contributed by atoms with E-state index in [2.05, 4.69) is 10.3 Å². The number of anilines is 1. The number of benzene rings is 2. The number of nitro groups is 1. The molecule has 1 heterocycles. The van der Waals surface area contributed by atoms with Gasteiger partial charge in [0.1, 0.15) is 0 Å². The first-order chi connectivity index (χ1) is 12.0. The van der Waals surface area contributed by atoms with E-state index < -0.39 is 10.9 Å². The summed E-state index contributed by atoms with van der Waals surface area (Å²) in [5, 5.41) is 24.5. The molecule has 0 amide bonds. The number of nitro benzene ring substituents is 1. The van der Waals surface area contributed by atoms with Crippen molar-refractivity contribution in [1.82, 2.24) is 4.98 Å². The van der Waals surface area contributed by atoms with Crippen molar-refractivity contribution in [2.45, 2.75) is 13.3 Å². The van der Waals surface area contributed by atoms with Crippen LogP contribution in [0.2, 0.25) is 0 Å². The standard InChI is InChI=1S/C18H17N3O4/c1-11-8-13(21(24)25)9-15(18(22)23)17(11)19-7-6-12-10-20-16-5-3-2-4-14(12)16/h2-5,8-10,19-20H,6-7H2,1H3,(H,22,23). The average molecular weight is 339 g/mol. The van der Waals surface area contributed by atoms with Gasteiger partial charge in [-0.05, 0) is 30.5 Å². The minimum Gasteiger partial charge on any atom is -0.478 e. The van der Waals surface area contributed by atoms with Gasteiger partial charge in [0.2, 0.25) is 0 Å². The molecule has 0 bridgehead atoms. The summed E-state index contributed by atoms with van der Waals surface area (Å²) in [7, 11) is 0. The molecule has 0 radical (unpaired) electrons. The molecule has 0 unspecified atom stereocenters. The van der Waals surface area contributed by atoms with E-state index in [1.807, 2.05) is 30.5 Å². The number of nitrogens with zero attached hydrogens (tertiary/aromatic N) is 1. The fourth-order valence-corrected chi connectivity index (χ4v) is 2.94. The second kappa shape index (κ2) is 6.64. The highest BCUT2D eigenvalue weighted by Gasteiger charge is 2.18. The van der Waals surface area contributed by atoms with Crippen LogP contribution >= 0.6 is 0 Å². The van der Waals surface area contributed by atoms with Gasteiger partial charge >= 0.3 is 5.97 Å². The number of aromatic amines is 1. The second-order valence-corrected chi connectivity index (χ2v) is 5.78. The van der Waals surface area contributed by atoms with Crippen molar-refractivity contribution >= 4 is 28.2 Å². The molecule has 3 rings (SSSR count). The SMILES string of the molecule is Cc1cc([N+](=O)[O-])cc(C(=O)O)c1NCCc1c[nH]c2ccccc12. The second-order valence-electron chi connectivity index (χ2n) is 5.78. The van der Waals surface area contributed by atoms with E-state index in [0.29, 0.717) is 24.2 Å². The van der Waals surface area contributed by atoms with Gasteiger partial charge in [-0.1, -0.05) is 18.2 Å². The van der Waals surface area contributed by atoms with Crippen molar-refractivity contribution in [3.05, 3.63) is 69.4 Å². The Hall–Kier alpha value is -3.35. The van der Waals surface area contributed by atoms with E-state index in [0.717, 1.165) is 22.5 Å². The summed E-state index contributed by atoms with van der Waals surface area (Å²) in [6.45, 7) is 2.17. The van der Waals surface area contributed by atoms with Crippen molar-refractivity contribution in [2.75, 3.05) is 11.9 Å². The van der Waals surface area contributed by atoms with Gasteiger partial charge in [-0.2, -0.15) is 0 Å². The Morgan fingerprint density at radius 2 is 2.08 bits per heavy atom. The molecule has 3 N–H and O–H groups in total. The maximum Gasteiger partial charge on any atom is 0.338 e. The fourth-order valence-electron chi connectivity index (χ4n) is 2.94. The molecule has 0 saturated carbocycles. The van der Waals surface area contributed by atoms with Gasteiger partial charge in [-0.25, -0.2) is 4.79 Å². The summed E-state index contributed by atoms with van der Waals surface area (Å²) in [6, 6.07) is 10.4. The molecule has 0 saturated heterocycles. The lowest BCUT2D eigenvalue weighted by Gasteiger charge is -2.12. The smallest absolute Gasteiger partial charge is 0.338 e. The van der Waals surface area contributed by atoms with Gasteiger partial charge < -0.3 is 15.4 Å². The van der Waals surface area contributed by atoms with Crippen LogP contribution in [-0.4, -0.2) is 27.5 Å². The zero-order chi connectivity index (χ0) is 18.0. The highest BCUT2D eigenvalue weighted by atomic mass is 16.6. The first-order valence-electron chi connectivity index (χ1n) is 7.78. The molecule has 7 nitrogen and oxygen atoms in total. The molecule has 1 aromatic heterocycles. The van der Waals surface area contributed by atoms with Gasteiger partial charge in [-0.3, -0.25) is 10.1 Å². The van der Waals surface area contributed by atoms with Crippen molar-refractivity contribution in [1.29, 1.82) is 0 Å². The largest absolute Gasteiger partial charge is 0.478 e. The lowest BCUT2D eigenvalue weighted by molar-refractivity contribution is -0.384. The fraction of sp³-hybridized carbons (Fsp3) is 0.167. The number of H-pyrrole nitrogens is 1. The Bertz CT molecular complexity index is 962. The Kier molecular flexibility index (Phi) is 4.38. The highest BCUT2D eigenvalue weighted by molar-refractivity contribution is 5.96. The van der Waals surface area contributed by atoms with Crippen LogP contribution in [-0.2, 0) is 6.42 Å². The van der Waals surface area contributed by atoms with Gasteiger partial charge in [0.25, 0.3) is 5.69 Å². The molecule has 0 aliphatic rings.